The Morgan fingerprint density at radius 1 is 1.22 bits per heavy atom. The summed E-state index contributed by atoms with van der Waals surface area (Å²) in [6, 6.07) is 4.08. The minimum Gasteiger partial charge on any atom is -0.393 e. The second-order valence-electron chi connectivity index (χ2n) is 5.99. The first-order chi connectivity index (χ1) is 8.66. The predicted octanol–water partition coefficient (Wildman–Crippen LogP) is 3.45. The maximum absolute atomic E-state index is 10.3. The van der Waals surface area contributed by atoms with Gasteiger partial charge in [-0.05, 0) is 61.1 Å². The van der Waals surface area contributed by atoms with Crippen molar-refractivity contribution in [1.82, 2.24) is 4.98 Å². The summed E-state index contributed by atoms with van der Waals surface area (Å²) in [7, 11) is 0. The van der Waals surface area contributed by atoms with Crippen LogP contribution in [0.15, 0.2) is 24.5 Å². The fourth-order valence-electron chi connectivity index (χ4n) is 3.04. The van der Waals surface area contributed by atoms with Gasteiger partial charge < -0.3 is 5.11 Å². The van der Waals surface area contributed by atoms with Crippen molar-refractivity contribution in [2.45, 2.75) is 52.1 Å². The van der Waals surface area contributed by atoms with E-state index in [1.165, 1.54) is 24.8 Å². The number of nitrogens with zero attached hydrogens (tertiary/aromatic N) is 1. The molecule has 0 spiro atoms. The van der Waals surface area contributed by atoms with Crippen LogP contribution in [-0.4, -0.2) is 16.2 Å². The van der Waals surface area contributed by atoms with Crippen molar-refractivity contribution in [3.8, 4) is 0 Å². The van der Waals surface area contributed by atoms with Gasteiger partial charge in [-0.2, -0.15) is 0 Å². The van der Waals surface area contributed by atoms with Crippen LogP contribution < -0.4 is 0 Å². The lowest BCUT2D eigenvalue weighted by molar-refractivity contribution is 0.0510. The Balaban J connectivity index is 1.80. The Bertz CT molecular complexity index is 351. The van der Waals surface area contributed by atoms with Crippen LogP contribution in [0.1, 0.15) is 45.1 Å². The third kappa shape index (κ3) is 3.55. The maximum atomic E-state index is 10.3. The quantitative estimate of drug-likeness (QED) is 0.884. The third-order valence-corrected chi connectivity index (χ3v) is 4.66. The Morgan fingerprint density at radius 2 is 1.94 bits per heavy atom. The van der Waals surface area contributed by atoms with Crippen LogP contribution in [-0.2, 0) is 6.42 Å². The van der Waals surface area contributed by atoms with Crippen molar-refractivity contribution in [3.63, 3.8) is 0 Å². The largest absolute Gasteiger partial charge is 0.393 e. The molecule has 1 fully saturated rings. The zero-order valence-electron chi connectivity index (χ0n) is 11.5. The van der Waals surface area contributed by atoms with Gasteiger partial charge >= 0.3 is 0 Å². The molecule has 0 amide bonds. The monoisotopic (exact) mass is 247 g/mol. The normalized spacial score (nSPS) is 30.1. The van der Waals surface area contributed by atoms with Crippen LogP contribution in [0.25, 0.3) is 0 Å². The van der Waals surface area contributed by atoms with E-state index in [2.05, 4.69) is 18.8 Å². The molecule has 2 nitrogen and oxygen atoms in total. The minimum atomic E-state index is -0.131. The molecule has 0 bridgehead atoms. The summed E-state index contributed by atoms with van der Waals surface area (Å²) in [5, 5.41) is 10.3. The number of hydrogen-bond donors (Lipinski definition) is 1. The highest BCUT2D eigenvalue weighted by atomic mass is 16.3. The van der Waals surface area contributed by atoms with E-state index in [-0.39, 0.29) is 6.10 Å². The van der Waals surface area contributed by atoms with E-state index < -0.39 is 0 Å². The average molecular weight is 247 g/mol. The molecule has 1 heterocycles. The number of hydrogen-bond acceptors (Lipinski definition) is 2. The molecule has 1 aromatic rings. The molecule has 1 aromatic heterocycles. The Labute approximate surface area is 110 Å². The smallest absolute Gasteiger partial charge is 0.0571 e. The molecule has 1 aliphatic rings. The topological polar surface area (TPSA) is 33.1 Å². The van der Waals surface area contributed by atoms with Crippen molar-refractivity contribution in [2.24, 2.45) is 17.8 Å². The Morgan fingerprint density at radius 3 is 2.61 bits per heavy atom. The molecule has 2 rings (SSSR count). The molecular weight excluding hydrogens is 222 g/mol. The molecule has 0 aliphatic heterocycles. The summed E-state index contributed by atoms with van der Waals surface area (Å²) in [6.45, 7) is 4.66. The van der Waals surface area contributed by atoms with E-state index in [1.54, 1.807) is 0 Å². The van der Waals surface area contributed by atoms with Crippen molar-refractivity contribution < 1.29 is 5.11 Å². The molecule has 1 aliphatic carbocycles. The molecular formula is C16H25NO. The highest BCUT2D eigenvalue weighted by Gasteiger charge is 2.28. The van der Waals surface area contributed by atoms with Gasteiger partial charge in [0.15, 0.2) is 0 Å². The zero-order valence-corrected chi connectivity index (χ0v) is 11.5. The average Bonchev–Trinajstić information content (AvgIpc) is 2.40. The van der Waals surface area contributed by atoms with E-state index in [0.717, 1.165) is 24.7 Å². The Hall–Kier alpha value is -0.890. The van der Waals surface area contributed by atoms with Gasteiger partial charge in [-0.15, -0.1) is 0 Å². The summed E-state index contributed by atoms with van der Waals surface area (Å²) in [5.74, 6) is 2.10. The third-order valence-electron chi connectivity index (χ3n) is 4.66. The van der Waals surface area contributed by atoms with Gasteiger partial charge in [0.2, 0.25) is 0 Å². The van der Waals surface area contributed by atoms with Gasteiger partial charge in [0.05, 0.1) is 6.10 Å². The van der Waals surface area contributed by atoms with Crippen LogP contribution in [0, 0.1) is 17.8 Å². The summed E-state index contributed by atoms with van der Waals surface area (Å²) < 4.78 is 0. The number of aryl methyl sites for hydroxylation is 1. The van der Waals surface area contributed by atoms with Gasteiger partial charge in [-0.3, -0.25) is 4.98 Å². The molecule has 1 N–H and O–H groups in total. The molecule has 0 radical (unpaired) electrons. The van der Waals surface area contributed by atoms with E-state index in [4.69, 9.17) is 0 Å². The van der Waals surface area contributed by atoms with Crippen LogP contribution in [0.3, 0.4) is 0 Å². The minimum absolute atomic E-state index is 0.131. The lowest BCUT2D eigenvalue weighted by Crippen LogP contribution is -2.29. The summed E-state index contributed by atoms with van der Waals surface area (Å²) in [4.78, 5) is 4.02. The first-order valence-corrected chi connectivity index (χ1v) is 7.23. The maximum Gasteiger partial charge on any atom is 0.0571 e. The number of aliphatic hydroxyl groups is 1. The first-order valence-electron chi connectivity index (χ1n) is 7.23. The van der Waals surface area contributed by atoms with Gasteiger partial charge in [0.25, 0.3) is 0 Å². The molecule has 4 unspecified atom stereocenters. The van der Waals surface area contributed by atoms with Gasteiger partial charge in [0, 0.05) is 12.4 Å². The second kappa shape index (κ2) is 6.33. The highest BCUT2D eigenvalue weighted by Crippen LogP contribution is 2.35. The number of aromatic nitrogens is 1. The zero-order chi connectivity index (χ0) is 13.0. The SMILES string of the molecule is CC1CCC(C(O)CCc2ccncc2)CC1C. The fraction of sp³-hybridized carbons (Fsp3) is 0.688. The molecule has 2 heteroatoms. The summed E-state index contributed by atoms with van der Waals surface area (Å²) in [5.41, 5.74) is 1.28. The molecule has 0 aromatic carbocycles. The second-order valence-corrected chi connectivity index (χ2v) is 5.99. The lowest BCUT2D eigenvalue weighted by atomic mass is 9.73. The van der Waals surface area contributed by atoms with Gasteiger partial charge in [-0.25, -0.2) is 0 Å². The number of rotatable bonds is 4. The van der Waals surface area contributed by atoms with Gasteiger partial charge in [0.1, 0.15) is 0 Å². The van der Waals surface area contributed by atoms with E-state index in [1.807, 2.05) is 24.5 Å². The van der Waals surface area contributed by atoms with Crippen LogP contribution in [0.5, 0.6) is 0 Å². The van der Waals surface area contributed by atoms with E-state index in [9.17, 15) is 5.11 Å². The molecule has 4 atom stereocenters. The number of aliphatic hydroxyl groups excluding tert-OH is 1. The summed E-state index contributed by atoms with van der Waals surface area (Å²) >= 11 is 0. The standard InChI is InChI=1S/C16H25NO/c1-12-3-5-15(11-13(12)2)16(18)6-4-14-7-9-17-10-8-14/h7-10,12-13,15-16,18H,3-6,11H2,1-2H3. The van der Waals surface area contributed by atoms with Gasteiger partial charge in [-0.1, -0.05) is 20.3 Å². The lowest BCUT2D eigenvalue weighted by Gasteiger charge is -2.34. The predicted molar refractivity (Wildman–Crippen MR) is 74.2 cm³/mol. The van der Waals surface area contributed by atoms with Crippen molar-refractivity contribution >= 4 is 0 Å². The van der Waals surface area contributed by atoms with E-state index >= 15 is 0 Å². The highest BCUT2D eigenvalue weighted by molar-refractivity contribution is 5.09. The fourth-order valence-corrected chi connectivity index (χ4v) is 3.04. The molecule has 100 valence electrons. The van der Waals surface area contributed by atoms with Crippen molar-refractivity contribution in [2.75, 3.05) is 0 Å². The first kappa shape index (κ1) is 13.5. The van der Waals surface area contributed by atoms with Crippen LogP contribution >= 0.6 is 0 Å². The molecule has 1 saturated carbocycles. The molecule has 0 saturated heterocycles. The summed E-state index contributed by atoms with van der Waals surface area (Å²) in [6.07, 6.45) is 9.03. The van der Waals surface area contributed by atoms with Crippen molar-refractivity contribution in [1.29, 1.82) is 0 Å². The van der Waals surface area contributed by atoms with E-state index in [0.29, 0.717) is 5.92 Å². The Kier molecular flexibility index (Phi) is 4.76. The van der Waals surface area contributed by atoms with Crippen molar-refractivity contribution in [3.05, 3.63) is 30.1 Å². The number of pyridine rings is 1. The van der Waals surface area contributed by atoms with Crippen LogP contribution in [0.2, 0.25) is 0 Å². The van der Waals surface area contributed by atoms with Crippen LogP contribution in [0.4, 0.5) is 0 Å². The molecule has 18 heavy (non-hydrogen) atoms.